The number of aryl methyl sites for hydroxylation is 2. The Bertz CT molecular complexity index is 1730. The summed E-state index contributed by atoms with van der Waals surface area (Å²) in [6.45, 7) is 3.87. The molecule has 3 aromatic heterocycles. The van der Waals surface area contributed by atoms with E-state index in [1.807, 2.05) is 56.1 Å². The summed E-state index contributed by atoms with van der Waals surface area (Å²) in [4.78, 5) is 29.9. The van der Waals surface area contributed by atoms with Gasteiger partial charge in [-0.3, -0.25) is 14.9 Å². The Hall–Kier alpha value is -4.53. The maximum atomic E-state index is 13.7. The fourth-order valence-corrected chi connectivity index (χ4v) is 4.82. The van der Waals surface area contributed by atoms with E-state index in [1.165, 1.54) is 12.1 Å². The first-order chi connectivity index (χ1) is 18.3. The maximum absolute atomic E-state index is 13.7. The summed E-state index contributed by atoms with van der Waals surface area (Å²) in [5.41, 5.74) is 5.72. The Morgan fingerprint density at radius 3 is 2.71 bits per heavy atom. The van der Waals surface area contributed by atoms with Gasteiger partial charge in [0.1, 0.15) is 5.82 Å². The standard InChI is InChI=1S/C29H27FN6O2/c1-16-11-25-23(24(15-35(25)3)28(38)31-17(2)19-5-4-6-21(30)12-19)14-22(16)20-9-10-36-26(13-20)32-29(34-36)33-27(37)18-7-8-18/h4-6,9-15,17-18H,7-8H2,1-3H3,(H,31,38)(H,33,34,37)/t17-/m0/s1. The number of pyridine rings is 1. The van der Waals surface area contributed by atoms with Crippen molar-refractivity contribution < 1.29 is 14.0 Å². The van der Waals surface area contributed by atoms with Gasteiger partial charge >= 0.3 is 0 Å². The normalized spacial score (nSPS) is 14.1. The predicted molar refractivity (Wildman–Crippen MR) is 143 cm³/mol. The Labute approximate surface area is 218 Å². The van der Waals surface area contributed by atoms with Crippen LogP contribution in [-0.4, -0.2) is 31.0 Å². The number of carbonyl (C=O) groups excluding carboxylic acids is 2. The van der Waals surface area contributed by atoms with Crippen molar-refractivity contribution in [2.45, 2.75) is 32.7 Å². The molecule has 5 aromatic rings. The minimum Gasteiger partial charge on any atom is -0.350 e. The van der Waals surface area contributed by atoms with Gasteiger partial charge in [0.15, 0.2) is 5.65 Å². The number of anilines is 1. The van der Waals surface area contributed by atoms with Crippen LogP contribution in [0.3, 0.4) is 0 Å². The van der Waals surface area contributed by atoms with Crippen molar-refractivity contribution in [1.82, 2.24) is 24.5 Å². The van der Waals surface area contributed by atoms with E-state index < -0.39 is 0 Å². The van der Waals surface area contributed by atoms with Crippen LogP contribution in [0.5, 0.6) is 0 Å². The van der Waals surface area contributed by atoms with E-state index in [4.69, 9.17) is 0 Å². The quantitative estimate of drug-likeness (QED) is 0.329. The smallest absolute Gasteiger partial charge is 0.253 e. The average Bonchev–Trinajstić information content (AvgIpc) is 3.60. The lowest BCUT2D eigenvalue weighted by Crippen LogP contribution is -2.26. The van der Waals surface area contributed by atoms with Gasteiger partial charge in [-0.05, 0) is 85.3 Å². The summed E-state index contributed by atoms with van der Waals surface area (Å²) in [6, 6.07) is 13.8. The Morgan fingerprint density at radius 2 is 1.95 bits per heavy atom. The predicted octanol–water partition coefficient (Wildman–Crippen LogP) is 5.18. The van der Waals surface area contributed by atoms with Crippen LogP contribution in [0.1, 0.15) is 47.3 Å². The molecule has 3 heterocycles. The van der Waals surface area contributed by atoms with Crippen LogP contribution < -0.4 is 10.6 Å². The number of benzene rings is 2. The summed E-state index contributed by atoms with van der Waals surface area (Å²) < 4.78 is 17.3. The monoisotopic (exact) mass is 510 g/mol. The molecule has 1 aliphatic carbocycles. The molecule has 1 fully saturated rings. The van der Waals surface area contributed by atoms with Crippen LogP contribution in [0.2, 0.25) is 0 Å². The molecule has 2 N–H and O–H groups in total. The van der Waals surface area contributed by atoms with Crippen LogP contribution in [-0.2, 0) is 11.8 Å². The second-order valence-corrected chi connectivity index (χ2v) is 10.0. The highest BCUT2D eigenvalue weighted by Gasteiger charge is 2.30. The molecule has 6 rings (SSSR count). The number of fused-ring (bicyclic) bond motifs is 2. The van der Waals surface area contributed by atoms with Crippen molar-refractivity contribution in [1.29, 1.82) is 0 Å². The molecule has 38 heavy (non-hydrogen) atoms. The minimum atomic E-state index is -0.358. The lowest BCUT2D eigenvalue weighted by molar-refractivity contribution is -0.117. The number of rotatable bonds is 6. The number of hydrogen-bond donors (Lipinski definition) is 2. The number of aromatic nitrogens is 4. The second kappa shape index (κ2) is 9.09. The topological polar surface area (TPSA) is 93.3 Å². The molecule has 1 aliphatic rings. The van der Waals surface area contributed by atoms with Gasteiger partial charge in [0.25, 0.3) is 5.91 Å². The van der Waals surface area contributed by atoms with Crippen molar-refractivity contribution >= 4 is 34.3 Å². The van der Waals surface area contributed by atoms with E-state index in [2.05, 4.69) is 26.8 Å². The van der Waals surface area contributed by atoms with Crippen molar-refractivity contribution in [3.8, 4) is 11.1 Å². The number of halogens is 1. The van der Waals surface area contributed by atoms with Gasteiger partial charge in [-0.15, -0.1) is 5.10 Å². The summed E-state index contributed by atoms with van der Waals surface area (Å²) >= 11 is 0. The minimum absolute atomic E-state index is 0.0379. The van der Waals surface area contributed by atoms with Crippen molar-refractivity contribution in [3.05, 3.63) is 83.4 Å². The summed E-state index contributed by atoms with van der Waals surface area (Å²) in [5, 5.41) is 11.0. The number of carbonyl (C=O) groups is 2. The molecule has 0 unspecified atom stereocenters. The van der Waals surface area contributed by atoms with Crippen molar-refractivity contribution in [2.24, 2.45) is 13.0 Å². The third-order valence-corrected chi connectivity index (χ3v) is 7.11. The number of nitrogens with one attached hydrogen (secondary N) is 2. The van der Waals surface area contributed by atoms with E-state index >= 15 is 0 Å². The maximum Gasteiger partial charge on any atom is 0.253 e. The van der Waals surface area contributed by atoms with Crippen LogP contribution in [0, 0.1) is 18.7 Å². The Kier molecular flexibility index (Phi) is 5.71. The lowest BCUT2D eigenvalue weighted by atomic mass is 9.98. The molecule has 0 aliphatic heterocycles. The molecule has 9 heteroatoms. The molecule has 0 spiro atoms. The highest BCUT2D eigenvalue weighted by atomic mass is 19.1. The number of hydrogen-bond acceptors (Lipinski definition) is 4. The van der Waals surface area contributed by atoms with E-state index in [-0.39, 0.29) is 29.6 Å². The molecule has 8 nitrogen and oxygen atoms in total. The van der Waals surface area contributed by atoms with Crippen LogP contribution in [0.25, 0.3) is 27.7 Å². The zero-order chi connectivity index (χ0) is 26.6. The van der Waals surface area contributed by atoms with Gasteiger partial charge < -0.3 is 9.88 Å². The number of amides is 2. The summed E-state index contributed by atoms with van der Waals surface area (Å²) in [7, 11) is 1.91. The zero-order valence-electron chi connectivity index (χ0n) is 21.3. The van der Waals surface area contributed by atoms with E-state index in [0.717, 1.165) is 40.4 Å². The fraction of sp³-hybridized carbons (Fsp3) is 0.241. The van der Waals surface area contributed by atoms with Gasteiger partial charge in [0.05, 0.1) is 11.6 Å². The molecule has 0 radical (unpaired) electrons. The van der Waals surface area contributed by atoms with E-state index in [0.29, 0.717) is 22.7 Å². The molecular formula is C29H27FN6O2. The van der Waals surface area contributed by atoms with Crippen LogP contribution in [0.4, 0.5) is 10.3 Å². The molecule has 2 amide bonds. The molecular weight excluding hydrogens is 483 g/mol. The third kappa shape index (κ3) is 4.40. The van der Waals surface area contributed by atoms with Gasteiger partial charge in [-0.25, -0.2) is 8.91 Å². The van der Waals surface area contributed by atoms with Crippen molar-refractivity contribution in [3.63, 3.8) is 0 Å². The third-order valence-electron chi connectivity index (χ3n) is 7.11. The summed E-state index contributed by atoms with van der Waals surface area (Å²) in [6.07, 6.45) is 5.45. The number of nitrogens with zero attached hydrogens (tertiary/aromatic N) is 4. The van der Waals surface area contributed by atoms with Gasteiger partial charge in [-0.1, -0.05) is 12.1 Å². The largest absolute Gasteiger partial charge is 0.350 e. The molecule has 1 saturated carbocycles. The highest BCUT2D eigenvalue weighted by molar-refractivity contribution is 6.08. The lowest BCUT2D eigenvalue weighted by Gasteiger charge is -2.14. The van der Waals surface area contributed by atoms with Crippen LogP contribution >= 0.6 is 0 Å². The Morgan fingerprint density at radius 1 is 1.13 bits per heavy atom. The SMILES string of the molecule is Cc1cc2c(cc1-c1ccn3nc(NC(=O)C4CC4)nc3c1)c(C(=O)N[C@@H](C)c1cccc(F)c1)cn2C. The van der Waals surface area contributed by atoms with Crippen molar-refractivity contribution in [2.75, 3.05) is 5.32 Å². The highest BCUT2D eigenvalue weighted by Crippen LogP contribution is 2.32. The van der Waals surface area contributed by atoms with Crippen LogP contribution in [0.15, 0.2) is 60.9 Å². The Balaban J connectivity index is 1.33. The first-order valence-electron chi connectivity index (χ1n) is 12.6. The second-order valence-electron chi connectivity index (χ2n) is 10.0. The average molecular weight is 511 g/mol. The molecule has 2 aromatic carbocycles. The molecule has 0 saturated heterocycles. The first-order valence-corrected chi connectivity index (χ1v) is 12.6. The van der Waals surface area contributed by atoms with Gasteiger partial charge in [0, 0.05) is 36.3 Å². The van der Waals surface area contributed by atoms with E-state index in [9.17, 15) is 14.0 Å². The molecule has 192 valence electrons. The van der Waals surface area contributed by atoms with Gasteiger partial charge in [0.2, 0.25) is 11.9 Å². The fourth-order valence-electron chi connectivity index (χ4n) is 4.82. The molecule has 1 atom stereocenters. The molecule has 0 bridgehead atoms. The summed E-state index contributed by atoms with van der Waals surface area (Å²) in [5.74, 6) is -0.243. The first kappa shape index (κ1) is 23.8. The van der Waals surface area contributed by atoms with Gasteiger partial charge in [-0.2, -0.15) is 4.98 Å². The zero-order valence-corrected chi connectivity index (χ0v) is 21.3. The van der Waals surface area contributed by atoms with E-state index in [1.54, 1.807) is 16.6 Å².